The van der Waals surface area contributed by atoms with E-state index < -0.39 is 0 Å². The van der Waals surface area contributed by atoms with Crippen molar-refractivity contribution in [1.82, 2.24) is 10.7 Å². The fourth-order valence-corrected chi connectivity index (χ4v) is 3.22. The minimum absolute atomic E-state index is 0.481. The summed E-state index contributed by atoms with van der Waals surface area (Å²) in [6.45, 7) is 5.25. The molecule has 0 radical (unpaired) electrons. The first-order chi connectivity index (χ1) is 12.1. The molecule has 0 bridgehead atoms. The van der Waals surface area contributed by atoms with E-state index in [2.05, 4.69) is 71.4 Å². The highest BCUT2D eigenvalue weighted by molar-refractivity contribution is 7.80. The molecule has 1 aliphatic heterocycles. The minimum atomic E-state index is 0.481. The van der Waals surface area contributed by atoms with Gasteiger partial charge in [-0.2, -0.15) is 5.10 Å². The van der Waals surface area contributed by atoms with Crippen LogP contribution in [0, 0.1) is 13.8 Å². The van der Waals surface area contributed by atoms with Crippen LogP contribution < -0.4 is 16.1 Å². The fourth-order valence-electron chi connectivity index (χ4n) is 3.05. The van der Waals surface area contributed by atoms with Crippen LogP contribution in [-0.4, -0.2) is 17.9 Å². The van der Waals surface area contributed by atoms with Gasteiger partial charge in [-0.15, -0.1) is 0 Å². The number of rotatable bonds is 4. The second-order valence-electron chi connectivity index (χ2n) is 6.46. The molecule has 1 heterocycles. The van der Waals surface area contributed by atoms with Gasteiger partial charge in [0.05, 0.1) is 6.21 Å². The number of benzene rings is 2. The van der Waals surface area contributed by atoms with Crippen LogP contribution in [0.2, 0.25) is 0 Å². The van der Waals surface area contributed by atoms with Gasteiger partial charge in [-0.05, 0) is 68.2 Å². The first-order valence-corrected chi connectivity index (χ1v) is 9.03. The molecule has 1 unspecified atom stereocenters. The van der Waals surface area contributed by atoms with E-state index in [9.17, 15) is 0 Å². The summed E-state index contributed by atoms with van der Waals surface area (Å²) in [7, 11) is 0. The molecule has 130 valence electrons. The highest BCUT2D eigenvalue weighted by atomic mass is 32.1. The Morgan fingerprint density at radius 1 is 1.20 bits per heavy atom. The Balaban J connectivity index is 1.52. The summed E-state index contributed by atoms with van der Waals surface area (Å²) in [4.78, 5) is 0. The molecule has 0 saturated carbocycles. The van der Waals surface area contributed by atoms with E-state index >= 15 is 0 Å². The molecular weight excluding hydrogens is 328 g/mol. The van der Waals surface area contributed by atoms with Crippen LogP contribution in [0.25, 0.3) is 0 Å². The number of hydrogen-bond donors (Lipinski definition) is 3. The normalized spacial score (nSPS) is 17.0. The Labute approximate surface area is 154 Å². The molecule has 5 heteroatoms. The quantitative estimate of drug-likeness (QED) is 0.441. The predicted octanol–water partition coefficient (Wildman–Crippen LogP) is 4.05. The highest BCUT2D eigenvalue weighted by Crippen LogP contribution is 2.22. The largest absolute Gasteiger partial charge is 0.331 e. The van der Waals surface area contributed by atoms with Gasteiger partial charge >= 0.3 is 0 Å². The minimum Gasteiger partial charge on any atom is -0.331 e. The number of hydrogen-bond acceptors (Lipinski definition) is 3. The van der Waals surface area contributed by atoms with Gasteiger partial charge in [0.15, 0.2) is 5.11 Å². The molecule has 0 aromatic heterocycles. The topological polar surface area (TPSA) is 48.5 Å². The van der Waals surface area contributed by atoms with Crippen LogP contribution in [0.5, 0.6) is 0 Å². The third-order valence-electron chi connectivity index (χ3n) is 4.41. The molecule has 0 aliphatic carbocycles. The molecule has 3 N–H and O–H groups in total. The molecular formula is C20H24N4S. The molecule has 1 aliphatic rings. The lowest BCUT2D eigenvalue weighted by Crippen LogP contribution is -2.24. The molecule has 3 rings (SSSR count). The van der Waals surface area contributed by atoms with E-state index in [4.69, 9.17) is 12.2 Å². The smallest absolute Gasteiger partial charge is 0.191 e. The maximum Gasteiger partial charge on any atom is 0.191 e. The van der Waals surface area contributed by atoms with E-state index in [0.29, 0.717) is 11.2 Å². The summed E-state index contributed by atoms with van der Waals surface area (Å²) in [5.41, 5.74) is 8.64. The maximum atomic E-state index is 5.29. The zero-order valence-electron chi connectivity index (χ0n) is 14.7. The van der Waals surface area contributed by atoms with Crippen LogP contribution in [-0.2, 0) is 0 Å². The van der Waals surface area contributed by atoms with Gasteiger partial charge in [0.1, 0.15) is 0 Å². The third-order valence-corrected chi connectivity index (χ3v) is 4.60. The van der Waals surface area contributed by atoms with Gasteiger partial charge in [0.2, 0.25) is 0 Å². The van der Waals surface area contributed by atoms with Gasteiger partial charge in [-0.3, -0.25) is 5.43 Å². The zero-order chi connectivity index (χ0) is 17.6. The number of anilines is 1. The van der Waals surface area contributed by atoms with Crippen LogP contribution in [0.4, 0.5) is 5.69 Å². The summed E-state index contributed by atoms with van der Waals surface area (Å²) >= 11 is 5.29. The van der Waals surface area contributed by atoms with Crippen molar-refractivity contribution in [1.29, 1.82) is 0 Å². The van der Waals surface area contributed by atoms with E-state index in [-0.39, 0.29) is 0 Å². The molecule has 0 amide bonds. The SMILES string of the molecule is Cc1ccc(NC(=S)N/N=C/c2ccc(C3CCCN3)cc2)c(C)c1. The van der Waals surface area contributed by atoms with Gasteiger partial charge in [-0.25, -0.2) is 0 Å². The first kappa shape index (κ1) is 17.6. The maximum absolute atomic E-state index is 5.29. The van der Waals surface area contributed by atoms with Gasteiger partial charge in [0.25, 0.3) is 0 Å². The van der Waals surface area contributed by atoms with E-state index in [1.165, 1.54) is 24.0 Å². The first-order valence-electron chi connectivity index (χ1n) is 8.62. The molecule has 1 saturated heterocycles. The lowest BCUT2D eigenvalue weighted by atomic mass is 10.0. The summed E-state index contributed by atoms with van der Waals surface area (Å²) in [5, 5.41) is 11.4. The van der Waals surface area contributed by atoms with Gasteiger partial charge < -0.3 is 10.6 Å². The molecule has 1 atom stereocenters. The summed E-state index contributed by atoms with van der Waals surface area (Å²) in [5.74, 6) is 0. The third kappa shape index (κ3) is 4.87. The molecule has 2 aromatic rings. The Kier molecular flexibility index (Phi) is 5.79. The van der Waals surface area contributed by atoms with Gasteiger partial charge in [-0.1, -0.05) is 42.0 Å². The van der Waals surface area contributed by atoms with Crippen LogP contribution in [0.3, 0.4) is 0 Å². The summed E-state index contributed by atoms with van der Waals surface area (Å²) < 4.78 is 0. The monoisotopic (exact) mass is 352 g/mol. The standard InChI is InChI=1S/C20H24N4S/c1-14-5-10-18(15(2)12-14)23-20(25)24-22-13-16-6-8-17(9-7-16)19-4-3-11-21-19/h5-10,12-13,19,21H,3-4,11H2,1-2H3,(H2,23,24,25)/b22-13+. The Morgan fingerprint density at radius 2 is 2.00 bits per heavy atom. The second-order valence-corrected chi connectivity index (χ2v) is 6.87. The summed E-state index contributed by atoms with van der Waals surface area (Å²) in [6, 6.07) is 15.2. The van der Waals surface area contributed by atoms with Crippen molar-refractivity contribution in [2.75, 3.05) is 11.9 Å². The number of hydrazone groups is 1. The highest BCUT2D eigenvalue weighted by Gasteiger charge is 2.15. The van der Waals surface area contributed by atoms with Crippen molar-refractivity contribution in [3.63, 3.8) is 0 Å². The Bertz CT molecular complexity index is 762. The van der Waals surface area contributed by atoms with Crippen LogP contribution >= 0.6 is 12.2 Å². The molecule has 25 heavy (non-hydrogen) atoms. The number of nitrogens with one attached hydrogen (secondary N) is 3. The number of thiocarbonyl (C=S) groups is 1. The Morgan fingerprint density at radius 3 is 2.68 bits per heavy atom. The van der Waals surface area contributed by atoms with Gasteiger partial charge in [0, 0.05) is 11.7 Å². The average molecular weight is 353 g/mol. The van der Waals surface area contributed by atoms with Crippen molar-refractivity contribution in [2.45, 2.75) is 32.7 Å². The van der Waals surface area contributed by atoms with E-state index in [0.717, 1.165) is 23.4 Å². The van der Waals surface area contributed by atoms with Crippen molar-refractivity contribution in [3.8, 4) is 0 Å². The zero-order valence-corrected chi connectivity index (χ0v) is 15.5. The fraction of sp³-hybridized carbons (Fsp3) is 0.300. The van der Waals surface area contributed by atoms with Crippen LogP contribution in [0.15, 0.2) is 47.6 Å². The molecule has 1 fully saturated rings. The van der Waals surface area contributed by atoms with Crippen molar-refractivity contribution in [3.05, 3.63) is 64.7 Å². The van der Waals surface area contributed by atoms with Crippen molar-refractivity contribution < 1.29 is 0 Å². The van der Waals surface area contributed by atoms with E-state index in [1.807, 2.05) is 6.07 Å². The van der Waals surface area contributed by atoms with Crippen LogP contribution in [0.1, 0.15) is 41.1 Å². The summed E-state index contributed by atoms with van der Waals surface area (Å²) in [6.07, 6.45) is 4.25. The lowest BCUT2D eigenvalue weighted by molar-refractivity contribution is 0.648. The second kappa shape index (κ2) is 8.23. The van der Waals surface area contributed by atoms with Crippen molar-refractivity contribution in [2.24, 2.45) is 5.10 Å². The van der Waals surface area contributed by atoms with E-state index in [1.54, 1.807) is 6.21 Å². The average Bonchev–Trinajstić information content (AvgIpc) is 3.13. The predicted molar refractivity (Wildman–Crippen MR) is 109 cm³/mol. The Hall–Kier alpha value is -2.24. The lowest BCUT2D eigenvalue weighted by Gasteiger charge is -2.11. The molecule has 2 aromatic carbocycles. The molecule has 4 nitrogen and oxygen atoms in total. The molecule has 0 spiro atoms. The number of nitrogens with zero attached hydrogens (tertiary/aromatic N) is 1. The number of aryl methyl sites for hydroxylation is 2. The van der Waals surface area contributed by atoms with Crippen molar-refractivity contribution >= 4 is 29.2 Å².